The summed E-state index contributed by atoms with van der Waals surface area (Å²) >= 11 is 0. The van der Waals surface area contributed by atoms with Crippen LogP contribution < -0.4 is 5.73 Å². The number of methoxy groups -OCH3 is 1. The standard InChI is InChI=1S/C9H15F2NO2/c1-14-8(13)9(10,11)7(12)6-4-2-3-5-6/h6-7H,2-5,12H2,1H3. The highest BCUT2D eigenvalue weighted by Gasteiger charge is 2.50. The number of hydrogen-bond acceptors (Lipinski definition) is 3. The molecule has 0 heterocycles. The number of esters is 1. The van der Waals surface area contributed by atoms with Crippen LogP contribution in [-0.4, -0.2) is 25.0 Å². The minimum atomic E-state index is -3.55. The maximum atomic E-state index is 13.3. The van der Waals surface area contributed by atoms with Gasteiger partial charge in [0, 0.05) is 0 Å². The third-order valence-electron chi connectivity index (χ3n) is 2.78. The minimum Gasteiger partial charge on any atom is -0.465 e. The Kier molecular flexibility index (Phi) is 3.42. The van der Waals surface area contributed by atoms with Crippen LogP contribution in [0.2, 0.25) is 0 Å². The Morgan fingerprint density at radius 1 is 1.50 bits per heavy atom. The van der Waals surface area contributed by atoms with Gasteiger partial charge in [0.2, 0.25) is 0 Å². The van der Waals surface area contributed by atoms with E-state index in [1.54, 1.807) is 0 Å². The van der Waals surface area contributed by atoms with Crippen LogP contribution in [0.25, 0.3) is 0 Å². The summed E-state index contributed by atoms with van der Waals surface area (Å²) in [6, 6.07) is -1.41. The lowest BCUT2D eigenvalue weighted by Gasteiger charge is -2.25. The van der Waals surface area contributed by atoms with E-state index < -0.39 is 17.9 Å². The number of carbonyl (C=O) groups excluding carboxylic acids is 1. The van der Waals surface area contributed by atoms with Gasteiger partial charge in [-0.2, -0.15) is 8.78 Å². The molecule has 14 heavy (non-hydrogen) atoms. The van der Waals surface area contributed by atoms with Gasteiger partial charge < -0.3 is 10.5 Å². The number of ether oxygens (including phenoxy) is 1. The summed E-state index contributed by atoms with van der Waals surface area (Å²) in [5.41, 5.74) is 5.38. The average Bonchev–Trinajstić information content (AvgIpc) is 2.67. The Morgan fingerprint density at radius 2 is 2.00 bits per heavy atom. The molecule has 1 aliphatic carbocycles. The smallest absolute Gasteiger partial charge is 0.378 e. The number of nitrogens with two attached hydrogens (primary N) is 1. The van der Waals surface area contributed by atoms with E-state index in [1.807, 2.05) is 0 Å². The van der Waals surface area contributed by atoms with E-state index in [-0.39, 0.29) is 5.92 Å². The molecule has 3 nitrogen and oxygen atoms in total. The molecule has 0 aromatic rings. The van der Waals surface area contributed by atoms with Gasteiger partial charge in [0.05, 0.1) is 13.2 Å². The maximum absolute atomic E-state index is 13.3. The zero-order valence-electron chi connectivity index (χ0n) is 8.13. The fraction of sp³-hybridized carbons (Fsp3) is 0.889. The molecule has 2 N–H and O–H groups in total. The normalized spacial score (nSPS) is 20.9. The van der Waals surface area contributed by atoms with Crippen molar-refractivity contribution in [2.45, 2.75) is 37.6 Å². The molecule has 1 atom stereocenters. The highest BCUT2D eigenvalue weighted by atomic mass is 19.3. The minimum absolute atomic E-state index is 0.260. The van der Waals surface area contributed by atoms with E-state index in [0.717, 1.165) is 20.0 Å². The fourth-order valence-electron chi connectivity index (χ4n) is 1.88. The van der Waals surface area contributed by atoms with Gasteiger partial charge >= 0.3 is 11.9 Å². The van der Waals surface area contributed by atoms with E-state index in [0.29, 0.717) is 12.8 Å². The molecule has 0 radical (unpaired) electrons. The molecule has 1 fully saturated rings. The molecule has 0 aromatic heterocycles. The average molecular weight is 207 g/mol. The van der Waals surface area contributed by atoms with Crippen molar-refractivity contribution in [2.24, 2.45) is 11.7 Å². The van der Waals surface area contributed by atoms with Crippen LogP contribution in [0.15, 0.2) is 0 Å². The zero-order chi connectivity index (χ0) is 10.8. The monoisotopic (exact) mass is 207 g/mol. The number of rotatable bonds is 3. The molecular formula is C9H15F2NO2. The zero-order valence-corrected chi connectivity index (χ0v) is 8.13. The van der Waals surface area contributed by atoms with Crippen LogP contribution in [0.5, 0.6) is 0 Å². The predicted octanol–water partition coefficient (Wildman–Crippen LogP) is 1.31. The van der Waals surface area contributed by atoms with Crippen molar-refractivity contribution < 1.29 is 18.3 Å². The van der Waals surface area contributed by atoms with E-state index in [9.17, 15) is 13.6 Å². The van der Waals surface area contributed by atoms with Gasteiger partial charge in [0.25, 0.3) is 0 Å². The molecule has 82 valence electrons. The molecule has 0 amide bonds. The van der Waals surface area contributed by atoms with Gasteiger partial charge in [-0.25, -0.2) is 4.79 Å². The first-order valence-electron chi connectivity index (χ1n) is 4.72. The van der Waals surface area contributed by atoms with Crippen molar-refractivity contribution in [3.63, 3.8) is 0 Å². The molecule has 0 aliphatic heterocycles. The van der Waals surface area contributed by atoms with E-state index in [4.69, 9.17) is 5.73 Å². The second-order valence-electron chi connectivity index (χ2n) is 3.68. The largest absolute Gasteiger partial charge is 0.465 e. The summed E-state index contributed by atoms with van der Waals surface area (Å²) in [7, 11) is 0.942. The van der Waals surface area contributed by atoms with Crippen molar-refractivity contribution in [3.8, 4) is 0 Å². The van der Waals surface area contributed by atoms with E-state index in [2.05, 4.69) is 4.74 Å². The van der Waals surface area contributed by atoms with Crippen LogP contribution in [0.4, 0.5) is 8.78 Å². The van der Waals surface area contributed by atoms with Gasteiger partial charge in [-0.3, -0.25) is 0 Å². The summed E-state index contributed by atoms with van der Waals surface area (Å²) in [6.45, 7) is 0. The Balaban J connectivity index is 2.65. The van der Waals surface area contributed by atoms with Gasteiger partial charge in [0.1, 0.15) is 0 Å². The van der Waals surface area contributed by atoms with Gasteiger partial charge in [-0.05, 0) is 18.8 Å². The second kappa shape index (κ2) is 4.21. The van der Waals surface area contributed by atoms with Gasteiger partial charge in [0.15, 0.2) is 0 Å². The van der Waals surface area contributed by atoms with Crippen molar-refractivity contribution in [1.29, 1.82) is 0 Å². The lowest BCUT2D eigenvalue weighted by Crippen LogP contribution is -2.51. The Hall–Kier alpha value is -0.710. The van der Waals surface area contributed by atoms with Gasteiger partial charge in [-0.1, -0.05) is 12.8 Å². The molecule has 0 aromatic carbocycles. The first-order chi connectivity index (χ1) is 6.50. The SMILES string of the molecule is COC(=O)C(F)(F)C(N)C1CCCC1. The summed E-state index contributed by atoms with van der Waals surface area (Å²) in [5.74, 6) is -5.34. The second-order valence-corrected chi connectivity index (χ2v) is 3.68. The molecule has 1 saturated carbocycles. The quantitative estimate of drug-likeness (QED) is 0.710. The van der Waals surface area contributed by atoms with Crippen LogP contribution in [0.1, 0.15) is 25.7 Å². The molecule has 1 aliphatic rings. The number of alkyl halides is 2. The van der Waals surface area contributed by atoms with Crippen molar-refractivity contribution in [1.82, 2.24) is 0 Å². The topological polar surface area (TPSA) is 52.3 Å². The van der Waals surface area contributed by atoms with Crippen LogP contribution in [0, 0.1) is 5.92 Å². The Bertz CT molecular complexity index is 215. The third-order valence-corrected chi connectivity index (χ3v) is 2.78. The van der Waals surface area contributed by atoms with E-state index in [1.165, 1.54) is 0 Å². The molecule has 0 spiro atoms. The fourth-order valence-corrected chi connectivity index (χ4v) is 1.88. The van der Waals surface area contributed by atoms with Crippen LogP contribution in [0.3, 0.4) is 0 Å². The molecular weight excluding hydrogens is 192 g/mol. The molecule has 0 bridgehead atoms. The molecule has 1 rings (SSSR count). The number of halogens is 2. The van der Waals surface area contributed by atoms with Crippen molar-refractivity contribution in [2.75, 3.05) is 7.11 Å². The maximum Gasteiger partial charge on any atom is 0.378 e. The van der Waals surface area contributed by atoms with Crippen LogP contribution in [-0.2, 0) is 9.53 Å². The summed E-state index contributed by atoms with van der Waals surface area (Å²) in [5, 5.41) is 0. The lowest BCUT2D eigenvalue weighted by atomic mass is 9.93. The molecule has 5 heteroatoms. The lowest BCUT2D eigenvalue weighted by molar-refractivity contribution is -0.173. The van der Waals surface area contributed by atoms with Crippen molar-refractivity contribution >= 4 is 5.97 Å². The molecule has 1 unspecified atom stereocenters. The third kappa shape index (κ3) is 2.03. The van der Waals surface area contributed by atoms with E-state index >= 15 is 0 Å². The van der Waals surface area contributed by atoms with Gasteiger partial charge in [-0.15, -0.1) is 0 Å². The van der Waals surface area contributed by atoms with Crippen molar-refractivity contribution in [3.05, 3.63) is 0 Å². The van der Waals surface area contributed by atoms with Crippen LogP contribution >= 0.6 is 0 Å². The summed E-state index contributed by atoms with van der Waals surface area (Å²) < 4.78 is 30.6. The first kappa shape index (κ1) is 11.4. The predicted molar refractivity (Wildman–Crippen MR) is 46.9 cm³/mol. The first-order valence-corrected chi connectivity index (χ1v) is 4.72. The Labute approximate surface area is 81.6 Å². The Morgan fingerprint density at radius 3 is 2.43 bits per heavy atom. The summed E-state index contributed by atoms with van der Waals surface area (Å²) in [6.07, 6.45) is 3.17. The number of carbonyl (C=O) groups is 1. The highest BCUT2D eigenvalue weighted by Crippen LogP contribution is 2.34. The number of hydrogen-bond donors (Lipinski definition) is 1. The highest BCUT2D eigenvalue weighted by molar-refractivity contribution is 5.78. The molecule has 0 saturated heterocycles. The summed E-state index contributed by atoms with van der Waals surface area (Å²) in [4.78, 5) is 10.8.